The number of anilines is 2. The van der Waals surface area contributed by atoms with Crippen LogP contribution in [-0.2, 0) is 19.1 Å². The second-order valence-corrected chi connectivity index (χ2v) is 7.38. The molecular formula is C19H26N2O4. The van der Waals surface area contributed by atoms with Gasteiger partial charge in [-0.05, 0) is 58.2 Å². The van der Waals surface area contributed by atoms with Crippen molar-refractivity contribution in [1.82, 2.24) is 0 Å². The van der Waals surface area contributed by atoms with E-state index in [0.717, 1.165) is 24.1 Å². The van der Waals surface area contributed by atoms with E-state index in [-0.39, 0.29) is 12.5 Å². The molecule has 0 atom stereocenters. The fourth-order valence-electron chi connectivity index (χ4n) is 2.58. The molecule has 0 saturated carbocycles. The topological polar surface area (TPSA) is 75.7 Å². The largest absolute Gasteiger partial charge is 0.455 e. The van der Waals surface area contributed by atoms with Crippen LogP contribution >= 0.6 is 0 Å². The zero-order valence-corrected chi connectivity index (χ0v) is 15.3. The number of ether oxygens (including phenoxy) is 1. The monoisotopic (exact) mass is 346 g/mol. The number of amides is 2. The molecule has 1 heterocycles. The Morgan fingerprint density at radius 2 is 1.96 bits per heavy atom. The van der Waals surface area contributed by atoms with Crippen LogP contribution in [0.5, 0.6) is 0 Å². The molecule has 1 N–H and O–H groups in total. The lowest BCUT2D eigenvalue weighted by Gasteiger charge is -2.28. The summed E-state index contributed by atoms with van der Waals surface area (Å²) in [5.74, 6) is -0.722. The van der Waals surface area contributed by atoms with Crippen molar-refractivity contribution in [2.75, 3.05) is 23.4 Å². The van der Waals surface area contributed by atoms with E-state index in [1.807, 2.05) is 13.0 Å². The summed E-state index contributed by atoms with van der Waals surface area (Å²) in [4.78, 5) is 37.6. The van der Waals surface area contributed by atoms with Gasteiger partial charge in [-0.3, -0.25) is 14.4 Å². The van der Waals surface area contributed by atoms with Gasteiger partial charge in [0, 0.05) is 24.3 Å². The third-order valence-electron chi connectivity index (χ3n) is 4.05. The Hall–Kier alpha value is -2.37. The number of hydrogen-bond acceptors (Lipinski definition) is 4. The fraction of sp³-hybridized carbons (Fsp3) is 0.526. The molecule has 0 unspecified atom stereocenters. The number of carbonyl (C=O) groups is 3. The van der Waals surface area contributed by atoms with Gasteiger partial charge in [0.2, 0.25) is 5.91 Å². The Morgan fingerprint density at radius 1 is 1.24 bits per heavy atom. The highest BCUT2D eigenvalue weighted by Crippen LogP contribution is 2.27. The van der Waals surface area contributed by atoms with Crippen LogP contribution in [0.25, 0.3) is 0 Å². The van der Waals surface area contributed by atoms with Gasteiger partial charge in [0.05, 0.1) is 5.41 Å². The van der Waals surface area contributed by atoms with Crippen molar-refractivity contribution in [3.63, 3.8) is 0 Å². The van der Waals surface area contributed by atoms with E-state index >= 15 is 0 Å². The standard InChI is InChI=1S/C19H26N2O4/c1-13-8-9-14(11-15(13)21-10-6-5-7-17(21)23)20-16(22)12-25-18(24)19(2,3)4/h8-9,11H,5-7,10,12H2,1-4H3,(H,20,22). The molecule has 0 bridgehead atoms. The van der Waals surface area contributed by atoms with Crippen LogP contribution in [0, 0.1) is 12.3 Å². The first-order valence-corrected chi connectivity index (χ1v) is 8.56. The quantitative estimate of drug-likeness (QED) is 0.850. The molecule has 0 aromatic heterocycles. The number of nitrogens with zero attached hydrogens (tertiary/aromatic N) is 1. The average molecular weight is 346 g/mol. The zero-order chi connectivity index (χ0) is 18.6. The highest BCUT2D eigenvalue weighted by atomic mass is 16.5. The molecule has 0 radical (unpaired) electrons. The third kappa shape index (κ3) is 5.05. The van der Waals surface area contributed by atoms with E-state index in [1.165, 1.54) is 0 Å². The second kappa shape index (κ2) is 7.68. The molecule has 1 aliphatic rings. The molecule has 2 amide bonds. The number of piperidine rings is 1. The summed E-state index contributed by atoms with van der Waals surface area (Å²) in [5.41, 5.74) is 1.73. The lowest BCUT2D eigenvalue weighted by atomic mass is 9.97. The van der Waals surface area contributed by atoms with Gasteiger partial charge in [0.15, 0.2) is 6.61 Å². The van der Waals surface area contributed by atoms with Crippen LogP contribution in [-0.4, -0.2) is 30.9 Å². The molecule has 136 valence electrons. The maximum absolute atomic E-state index is 12.1. The van der Waals surface area contributed by atoms with E-state index in [2.05, 4.69) is 5.32 Å². The molecule has 6 nitrogen and oxygen atoms in total. The molecule has 0 spiro atoms. The minimum Gasteiger partial charge on any atom is -0.455 e. The summed E-state index contributed by atoms with van der Waals surface area (Å²) in [7, 11) is 0. The maximum atomic E-state index is 12.1. The van der Waals surface area contributed by atoms with Gasteiger partial charge in [-0.1, -0.05) is 6.07 Å². The number of benzene rings is 1. The number of aryl methyl sites for hydroxylation is 1. The van der Waals surface area contributed by atoms with E-state index in [9.17, 15) is 14.4 Å². The third-order valence-corrected chi connectivity index (χ3v) is 4.05. The van der Waals surface area contributed by atoms with Crippen molar-refractivity contribution < 1.29 is 19.1 Å². The van der Waals surface area contributed by atoms with Gasteiger partial charge in [0.1, 0.15) is 0 Å². The highest BCUT2D eigenvalue weighted by Gasteiger charge is 2.24. The van der Waals surface area contributed by atoms with Crippen molar-refractivity contribution in [3.05, 3.63) is 23.8 Å². The average Bonchev–Trinajstić information content (AvgIpc) is 2.54. The molecule has 1 aromatic rings. The van der Waals surface area contributed by atoms with Crippen LogP contribution in [0.15, 0.2) is 18.2 Å². The van der Waals surface area contributed by atoms with Gasteiger partial charge in [-0.2, -0.15) is 0 Å². The Bertz CT molecular complexity index is 676. The SMILES string of the molecule is Cc1ccc(NC(=O)COC(=O)C(C)(C)C)cc1N1CCCCC1=O. The summed E-state index contributed by atoms with van der Waals surface area (Å²) >= 11 is 0. The molecule has 1 saturated heterocycles. The van der Waals surface area contributed by atoms with Gasteiger partial charge in [0.25, 0.3) is 5.91 Å². The smallest absolute Gasteiger partial charge is 0.311 e. The minimum absolute atomic E-state index is 0.108. The lowest BCUT2D eigenvalue weighted by Crippen LogP contribution is -2.35. The Kier molecular flexibility index (Phi) is 5.82. The molecule has 25 heavy (non-hydrogen) atoms. The van der Waals surface area contributed by atoms with Crippen molar-refractivity contribution in [3.8, 4) is 0 Å². The van der Waals surface area contributed by atoms with Crippen molar-refractivity contribution in [1.29, 1.82) is 0 Å². The summed E-state index contributed by atoms with van der Waals surface area (Å²) in [6.07, 6.45) is 2.45. The van der Waals surface area contributed by atoms with Crippen molar-refractivity contribution in [2.24, 2.45) is 5.41 Å². The van der Waals surface area contributed by atoms with Gasteiger partial charge < -0.3 is 15.0 Å². The molecule has 0 aliphatic carbocycles. The Morgan fingerprint density at radius 3 is 2.60 bits per heavy atom. The number of hydrogen-bond donors (Lipinski definition) is 1. The highest BCUT2D eigenvalue weighted by molar-refractivity contribution is 5.97. The maximum Gasteiger partial charge on any atom is 0.311 e. The number of rotatable bonds is 4. The predicted octanol–water partition coefficient (Wildman–Crippen LogP) is 3.04. The van der Waals surface area contributed by atoms with E-state index in [4.69, 9.17) is 4.74 Å². The first-order chi connectivity index (χ1) is 11.7. The predicted molar refractivity (Wildman–Crippen MR) is 96.4 cm³/mol. The summed E-state index contributed by atoms with van der Waals surface area (Å²) in [6.45, 7) is 7.50. The molecule has 1 aliphatic heterocycles. The first-order valence-electron chi connectivity index (χ1n) is 8.56. The summed E-state index contributed by atoms with van der Waals surface area (Å²) in [5, 5.41) is 2.72. The molecule has 1 fully saturated rings. The second-order valence-electron chi connectivity index (χ2n) is 7.38. The molecule has 2 rings (SSSR count). The van der Waals surface area contributed by atoms with Crippen molar-refractivity contribution in [2.45, 2.75) is 47.0 Å². The lowest BCUT2D eigenvalue weighted by molar-refractivity contribution is -0.155. The number of nitrogens with one attached hydrogen (secondary N) is 1. The zero-order valence-electron chi connectivity index (χ0n) is 15.3. The number of esters is 1. The van der Waals surface area contributed by atoms with Gasteiger partial charge in [-0.15, -0.1) is 0 Å². The van der Waals surface area contributed by atoms with Gasteiger partial charge in [-0.25, -0.2) is 0 Å². The van der Waals surface area contributed by atoms with Crippen LogP contribution in [0.1, 0.15) is 45.6 Å². The molecule has 1 aromatic carbocycles. The van der Waals surface area contributed by atoms with Crippen LogP contribution in [0.4, 0.5) is 11.4 Å². The Labute approximate surface area is 148 Å². The van der Waals surface area contributed by atoms with E-state index in [0.29, 0.717) is 18.7 Å². The van der Waals surface area contributed by atoms with Crippen molar-refractivity contribution >= 4 is 29.2 Å². The van der Waals surface area contributed by atoms with E-state index in [1.54, 1.807) is 37.8 Å². The molecule has 6 heteroatoms. The number of carbonyl (C=O) groups excluding carboxylic acids is 3. The fourth-order valence-corrected chi connectivity index (χ4v) is 2.58. The molecular weight excluding hydrogens is 320 g/mol. The van der Waals surface area contributed by atoms with Crippen LogP contribution < -0.4 is 10.2 Å². The minimum atomic E-state index is -0.647. The van der Waals surface area contributed by atoms with E-state index < -0.39 is 17.3 Å². The van der Waals surface area contributed by atoms with Gasteiger partial charge >= 0.3 is 5.97 Å². The first kappa shape index (κ1) is 19.0. The van der Waals surface area contributed by atoms with Crippen LogP contribution in [0.2, 0.25) is 0 Å². The Balaban J connectivity index is 2.03. The summed E-state index contributed by atoms with van der Waals surface area (Å²) < 4.78 is 5.01. The van der Waals surface area contributed by atoms with Crippen LogP contribution in [0.3, 0.4) is 0 Å². The normalized spacial score (nSPS) is 15.0. The summed E-state index contributed by atoms with van der Waals surface area (Å²) in [6, 6.07) is 5.44.